The zero-order valence-corrected chi connectivity index (χ0v) is 14.7. The van der Waals surface area contributed by atoms with Crippen LogP contribution in [0.2, 0.25) is 0 Å². The number of hydrogen-bond acceptors (Lipinski definition) is 4. The molecule has 0 aromatic heterocycles. The maximum absolute atomic E-state index is 12.6. The first-order chi connectivity index (χ1) is 11.8. The Morgan fingerprint density at radius 2 is 1.60 bits per heavy atom. The van der Waals surface area contributed by atoms with E-state index < -0.39 is 0 Å². The van der Waals surface area contributed by atoms with Crippen molar-refractivity contribution in [1.82, 2.24) is 5.01 Å². The molecular weight excluding hydrogens is 316 g/mol. The molecule has 1 saturated heterocycles. The summed E-state index contributed by atoms with van der Waals surface area (Å²) in [5.74, 6) is 0.465. The third-order valence-corrected chi connectivity index (χ3v) is 5.07. The van der Waals surface area contributed by atoms with Crippen molar-refractivity contribution in [1.29, 1.82) is 0 Å². The second-order valence-electron chi connectivity index (χ2n) is 8.02. The predicted molar refractivity (Wildman–Crippen MR) is 94.0 cm³/mol. The number of carbonyl (C=O) groups excluding carboxylic acids is 2. The van der Waals surface area contributed by atoms with Crippen LogP contribution in [-0.2, 0) is 9.59 Å². The summed E-state index contributed by atoms with van der Waals surface area (Å²) in [5, 5.41) is 5.25. The van der Waals surface area contributed by atoms with Gasteiger partial charge in [0, 0.05) is 0 Å². The smallest absolute Gasteiger partial charge is 0.254 e. The quantitative estimate of drug-likeness (QED) is 0.484. The number of fused-ring (bicyclic) bond motifs is 5. The molecule has 0 radical (unpaired) electrons. The lowest BCUT2D eigenvalue weighted by molar-refractivity contribution is -0.140. The number of nitrogens with zero attached hydrogens (tertiary/aromatic N) is 2. The highest BCUT2D eigenvalue weighted by atomic mass is 16.5. The van der Waals surface area contributed by atoms with Crippen LogP contribution in [0, 0.1) is 23.7 Å². The van der Waals surface area contributed by atoms with Crippen LogP contribution in [0.25, 0.3) is 0 Å². The van der Waals surface area contributed by atoms with Gasteiger partial charge in [0.1, 0.15) is 11.4 Å². The van der Waals surface area contributed by atoms with E-state index in [0.29, 0.717) is 0 Å². The Balaban J connectivity index is 1.47. The van der Waals surface area contributed by atoms with Gasteiger partial charge in [-0.25, -0.2) is 0 Å². The summed E-state index contributed by atoms with van der Waals surface area (Å²) >= 11 is 0. The van der Waals surface area contributed by atoms with Crippen molar-refractivity contribution < 1.29 is 14.3 Å². The minimum absolute atomic E-state index is 0.157. The van der Waals surface area contributed by atoms with Gasteiger partial charge < -0.3 is 4.74 Å². The lowest BCUT2D eigenvalue weighted by Crippen LogP contribution is -2.28. The molecular formula is C20H22N2O3. The average Bonchev–Trinajstić information content (AvgIpc) is 3.21. The Morgan fingerprint density at radius 3 is 2.12 bits per heavy atom. The van der Waals surface area contributed by atoms with Crippen LogP contribution < -0.4 is 4.74 Å². The number of imide groups is 1. The van der Waals surface area contributed by atoms with Crippen molar-refractivity contribution in [3.05, 3.63) is 42.0 Å². The largest absolute Gasteiger partial charge is 0.488 e. The van der Waals surface area contributed by atoms with Crippen LogP contribution in [0.3, 0.4) is 0 Å². The van der Waals surface area contributed by atoms with Crippen LogP contribution in [0.5, 0.6) is 5.75 Å². The molecule has 4 unspecified atom stereocenters. The van der Waals surface area contributed by atoms with Gasteiger partial charge in [0.2, 0.25) is 0 Å². The Morgan fingerprint density at radius 1 is 1.04 bits per heavy atom. The van der Waals surface area contributed by atoms with Gasteiger partial charge in [-0.05, 0) is 68.9 Å². The predicted octanol–water partition coefficient (Wildman–Crippen LogP) is 3.00. The third kappa shape index (κ3) is 2.77. The number of hydrogen-bond donors (Lipinski definition) is 0. The summed E-state index contributed by atoms with van der Waals surface area (Å²) in [6, 6.07) is 7.45. The highest BCUT2D eigenvalue weighted by molar-refractivity contribution is 6.06. The molecule has 2 amide bonds. The maximum atomic E-state index is 12.6. The number of rotatable bonds is 3. The Labute approximate surface area is 147 Å². The first-order valence-electron chi connectivity index (χ1n) is 8.73. The molecule has 2 bridgehead atoms. The SMILES string of the molecule is CC(C)(C)Oc1ccc(C=NN2C(=O)C3C4C=CC(C4)C3C2=O)cc1. The van der Waals surface area contributed by atoms with E-state index in [-0.39, 0.29) is 41.1 Å². The average molecular weight is 338 g/mol. The Bertz CT molecular complexity index is 743. The van der Waals surface area contributed by atoms with Crippen molar-refractivity contribution in [2.45, 2.75) is 32.8 Å². The molecule has 3 aliphatic rings. The van der Waals surface area contributed by atoms with Crippen LogP contribution in [0.4, 0.5) is 0 Å². The highest BCUT2D eigenvalue weighted by Crippen LogP contribution is 2.52. The first-order valence-corrected chi connectivity index (χ1v) is 8.73. The lowest BCUT2D eigenvalue weighted by atomic mass is 9.85. The summed E-state index contributed by atoms with van der Waals surface area (Å²) in [7, 11) is 0. The highest BCUT2D eigenvalue weighted by Gasteiger charge is 2.59. The van der Waals surface area contributed by atoms with Gasteiger partial charge in [0.05, 0.1) is 18.1 Å². The molecule has 1 heterocycles. The monoisotopic (exact) mass is 338 g/mol. The first kappa shape index (κ1) is 16.1. The normalized spacial score (nSPS) is 30.6. The lowest BCUT2D eigenvalue weighted by Gasteiger charge is -2.21. The minimum Gasteiger partial charge on any atom is -0.488 e. The third-order valence-electron chi connectivity index (χ3n) is 5.07. The molecule has 0 N–H and O–H groups in total. The van der Waals surface area contributed by atoms with Gasteiger partial charge in [-0.2, -0.15) is 10.1 Å². The second-order valence-corrected chi connectivity index (χ2v) is 8.02. The van der Waals surface area contributed by atoms with Crippen LogP contribution >= 0.6 is 0 Å². The summed E-state index contributed by atoms with van der Waals surface area (Å²) in [6.45, 7) is 5.98. The van der Waals surface area contributed by atoms with Crippen molar-refractivity contribution in [2.75, 3.05) is 0 Å². The molecule has 2 aliphatic carbocycles. The Kier molecular flexibility index (Phi) is 3.56. The van der Waals surface area contributed by atoms with E-state index in [1.54, 1.807) is 6.21 Å². The topological polar surface area (TPSA) is 59.0 Å². The van der Waals surface area contributed by atoms with Gasteiger partial charge in [-0.3, -0.25) is 9.59 Å². The molecule has 1 aromatic rings. The fourth-order valence-corrected chi connectivity index (χ4v) is 4.10. The summed E-state index contributed by atoms with van der Waals surface area (Å²) in [6.07, 6.45) is 6.66. The molecule has 0 spiro atoms. The van der Waals surface area contributed by atoms with E-state index in [1.807, 2.05) is 45.0 Å². The van der Waals surface area contributed by atoms with E-state index in [1.165, 1.54) is 0 Å². The number of allylic oxidation sites excluding steroid dienone is 2. The molecule has 5 nitrogen and oxygen atoms in total. The van der Waals surface area contributed by atoms with E-state index in [4.69, 9.17) is 4.74 Å². The molecule has 2 fully saturated rings. The zero-order chi connectivity index (χ0) is 17.8. The van der Waals surface area contributed by atoms with Crippen molar-refractivity contribution in [2.24, 2.45) is 28.8 Å². The number of ether oxygens (including phenoxy) is 1. The fourth-order valence-electron chi connectivity index (χ4n) is 4.10. The van der Waals surface area contributed by atoms with E-state index >= 15 is 0 Å². The van der Waals surface area contributed by atoms with Crippen LogP contribution in [-0.4, -0.2) is 28.6 Å². The number of amides is 2. The summed E-state index contributed by atoms with van der Waals surface area (Å²) in [5.41, 5.74) is 0.565. The maximum Gasteiger partial charge on any atom is 0.254 e. The molecule has 5 heteroatoms. The molecule has 1 saturated carbocycles. The van der Waals surface area contributed by atoms with Gasteiger partial charge >= 0.3 is 0 Å². The zero-order valence-electron chi connectivity index (χ0n) is 14.7. The van der Waals surface area contributed by atoms with Gasteiger partial charge in [-0.15, -0.1) is 0 Å². The Hall–Kier alpha value is -2.43. The molecule has 25 heavy (non-hydrogen) atoms. The molecule has 4 atom stereocenters. The van der Waals surface area contributed by atoms with Crippen molar-refractivity contribution in [3.8, 4) is 5.75 Å². The van der Waals surface area contributed by atoms with Gasteiger partial charge in [0.15, 0.2) is 0 Å². The van der Waals surface area contributed by atoms with E-state index in [0.717, 1.165) is 22.7 Å². The molecule has 4 rings (SSSR count). The van der Waals surface area contributed by atoms with Crippen molar-refractivity contribution in [3.63, 3.8) is 0 Å². The van der Waals surface area contributed by atoms with Gasteiger partial charge in [0.25, 0.3) is 11.8 Å². The summed E-state index contributed by atoms with van der Waals surface area (Å²) in [4.78, 5) is 25.1. The number of hydrazone groups is 1. The summed E-state index contributed by atoms with van der Waals surface area (Å²) < 4.78 is 5.78. The minimum atomic E-state index is -0.255. The van der Waals surface area contributed by atoms with Crippen LogP contribution in [0.15, 0.2) is 41.5 Å². The van der Waals surface area contributed by atoms with Crippen molar-refractivity contribution >= 4 is 18.0 Å². The molecule has 1 aromatic carbocycles. The number of carbonyl (C=O) groups is 2. The van der Waals surface area contributed by atoms with Gasteiger partial charge in [-0.1, -0.05) is 12.2 Å². The molecule has 1 aliphatic heterocycles. The number of benzene rings is 1. The van der Waals surface area contributed by atoms with E-state index in [2.05, 4.69) is 17.3 Å². The standard InChI is InChI=1S/C20H22N2O3/c1-20(2,3)25-15-8-4-12(5-9-15)11-21-22-18(23)16-13-6-7-14(10-13)17(16)19(22)24/h4-9,11,13-14,16-17H,10H2,1-3H3. The van der Waals surface area contributed by atoms with Crippen LogP contribution in [0.1, 0.15) is 32.8 Å². The second kappa shape index (κ2) is 5.55. The fraction of sp³-hybridized carbons (Fsp3) is 0.450. The molecule has 130 valence electrons. The van der Waals surface area contributed by atoms with E-state index in [9.17, 15) is 9.59 Å².